The zero-order chi connectivity index (χ0) is 18.0. The first kappa shape index (κ1) is 17.4. The summed E-state index contributed by atoms with van der Waals surface area (Å²) in [6, 6.07) is 9.42. The third-order valence-electron chi connectivity index (χ3n) is 4.39. The van der Waals surface area contributed by atoms with E-state index < -0.39 is 0 Å². The van der Waals surface area contributed by atoms with Crippen LogP contribution < -0.4 is 4.90 Å². The van der Waals surface area contributed by atoms with E-state index in [-0.39, 0.29) is 5.91 Å². The van der Waals surface area contributed by atoms with Gasteiger partial charge in [-0.15, -0.1) is 0 Å². The van der Waals surface area contributed by atoms with Crippen LogP contribution in [0.2, 0.25) is 0 Å². The van der Waals surface area contributed by atoms with Crippen molar-refractivity contribution in [3.63, 3.8) is 0 Å². The molecule has 0 atom stereocenters. The molecule has 0 aliphatic carbocycles. The maximum Gasteiger partial charge on any atom is 0.255 e. The van der Waals surface area contributed by atoms with E-state index in [1.807, 2.05) is 18.0 Å². The van der Waals surface area contributed by atoms with Gasteiger partial charge in [0.25, 0.3) is 5.91 Å². The Morgan fingerprint density at radius 2 is 1.92 bits per heavy atom. The maximum atomic E-state index is 12.8. The number of halogens is 1. The fraction of sp³-hybridized carbons (Fsp3) is 0.316. The molecular formula is C19H19BrN4O. The van der Waals surface area contributed by atoms with Crippen LogP contribution in [0, 0.1) is 25.2 Å². The van der Waals surface area contributed by atoms with Crippen molar-refractivity contribution in [3.8, 4) is 6.07 Å². The summed E-state index contributed by atoms with van der Waals surface area (Å²) < 4.78 is 0.798. The number of benzene rings is 1. The second kappa shape index (κ2) is 7.24. The zero-order valence-electron chi connectivity index (χ0n) is 14.3. The molecule has 0 spiro atoms. The minimum absolute atomic E-state index is 0.0858. The number of hydrogen-bond donors (Lipinski definition) is 0. The van der Waals surface area contributed by atoms with Gasteiger partial charge in [0.15, 0.2) is 0 Å². The Balaban J connectivity index is 1.72. The Morgan fingerprint density at radius 3 is 2.56 bits per heavy atom. The number of carbonyl (C=O) groups is 1. The molecule has 1 amide bonds. The molecule has 1 aliphatic heterocycles. The van der Waals surface area contributed by atoms with Crippen LogP contribution in [0.3, 0.4) is 0 Å². The third kappa shape index (κ3) is 3.67. The standard InChI is InChI=1S/C19H19BrN4O/c1-13-9-14(2)18(22-12-13)23-5-7-24(8-6-23)19(25)17-4-3-16(20)10-15(17)11-21/h3-4,9-10,12H,5-8H2,1-2H3. The number of aryl methyl sites for hydroxylation is 2. The molecule has 1 aliphatic rings. The smallest absolute Gasteiger partial charge is 0.255 e. The summed E-state index contributed by atoms with van der Waals surface area (Å²) in [6.45, 7) is 6.81. The predicted octanol–water partition coefficient (Wildman–Crippen LogP) is 3.30. The van der Waals surface area contributed by atoms with Gasteiger partial charge in [0, 0.05) is 36.8 Å². The highest BCUT2D eigenvalue weighted by atomic mass is 79.9. The van der Waals surface area contributed by atoms with E-state index in [1.54, 1.807) is 18.2 Å². The number of amides is 1. The number of nitriles is 1. The van der Waals surface area contributed by atoms with Crippen LogP contribution in [0.25, 0.3) is 0 Å². The average Bonchev–Trinajstić information content (AvgIpc) is 2.61. The molecule has 0 bridgehead atoms. The number of aromatic nitrogens is 1. The number of carbonyl (C=O) groups excluding carboxylic acids is 1. The van der Waals surface area contributed by atoms with Gasteiger partial charge in [-0.25, -0.2) is 4.98 Å². The van der Waals surface area contributed by atoms with E-state index in [2.05, 4.69) is 44.9 Å². The molecule has 1 fully saturated rings. The molecule has 1 aromatic heterocycles. The highest BCUT2D eigenvalue weighted by molar-refractivity contribution is 9.10. The first-order chi connectivity index (χ1) is 12.0. The van der Waals surface area contributed by atoms with Gasteiger partial charge in [-0.05, 0) is 43.2 Å². The van der Waals surface area contributed by atoms with E-state index in [4.69, 9.17) is 0 Å². The highest BCUT2D eigenvalue weighted by Gasteiger charge is 2.25. The van der Waals surface area contributed by atoms with Gasteiger partial charge in [0.2, 0.25) is 0 Å². The lowest BCUT2D eigenvalue weighted by Crippen LogP contribution is -2.49. The van der Waals surface area contributed by atoms with Crippen molar-refractivity contribution in [3.05, 3.63) is 57.2 Å². The molecule has 0 saturated carbocycles. The van der Waals surface area contributed by atoms with Crippen LogP contribution in [-0.2, 0) is 0 Å². The predicted molar refractivity (Wildman–Crippen MR) is 101 cm³/mol. The van der Waals surface area contributed by atoms with Crippen molar-refractivity contribution in [2.75, 3.05) is 31.1 Å². The summed E-state index contributed by atoms with van der Waals surface area (Å²) in [4.78, 5) is 21.3. The van der Waals surface area contributed by atoms with Crippen LogP contribution in [0.15, 0.2) is 34.9 Å². The maximum absolute atomic E-state index is 12.8. The molecule has 25 heavy (non-hydrogen) atoms. The van der Waals surface area contributed by atoms with Gasteiger partial charge in [-0.1, -0.05) is 22.0 Å². The van der Waals surface area contributed by atoms with E-state index in [9.17, 15) is 10.1 Å². The summed E-state index contributed by atoms with van der Waals surface area (Å²) >= 11 is 3.34. The van der Waals surface area contributed by atoms with E-state index >= 15 is 0 Å². The first-order valence-electron chi connectivity index (χ1n) is 8.16. The molecule has 1 saturated heterocycles. The van der Waals surface area contributed by atoms with Gasteiger partial charge in [-0.2, -0.15) is 5.26 Å². The van der Waals surface area contributed by atoms with Gasteiger partial charge in [0.1, 0.15) is 5.82 Å². The Labute approximate surface area is 156 Å². The quantitative estimate of drug-likeness (QED) is 0.778. The van der Waals surface area contributed by atoms with Gasteiger partial charge in [-0.3, -0.25) is 4.79 Å². The SMILES string of the molecule is Cc1cnc(N2CCN(C(=O)c3ccc(Br)cc3C#N)CC2)c(C)c1. The molecule has 5 nitrogen and oxygen atoms in total. The molecular weight excluding hydrogens is 380 g/mol. The molecule has 128 valence electrons. The number of anilines is 1. The van der Waals surface area contributed by atoms with Crippen LogP contribution in [0.5, 0.6) is 0 Å². The molecule has 6 heteroatoms. The minimum atomic E-state index is -0.0858. The second-order valence-corrected chi connectivity index (χ2v) is 7.15. The molecule has 1 aromatic carbocycles. The van der Waals surface area contributed by atoms with Crippen molar-refractivity contribution in [1.29, 1.82) is 5.26 Å². The Bertz CT molecular complexity index is 851. The van der Waals surface area contributed by atoms with Crippen molar-refractivity contribution in [2.24, 2.45) is 0 Å². The van der Waals surface area contributed by atoms with E-state index in [1.165, 1.54) is 0 Å². The lowest BCUT2D eigenvalue weighted by atomic mass is 10.1. The summed E-state index contributed by atoms with van der Waals surface area (Å²) in [5.41, 5.74) is 3.16. The van der Waals surface area contributed by atoms with Crippen molar-refractivity contribution in [2.45, 2.75) is 13.8 Å². The van der Waals surface area contributed by atoms with Crippen molar-refractivity contribution < 1.29 is 4.79 Å². The highest BCUT2D eigenvalue weighted by Crippen LogP contribution is 2.22. The van der Waals surface area contributed by atoms with Crippen molar-refractivity contribution in [1.82, 2.24) is 9.88 Å². The number of nitrogens with zero attached hydrogens (tertiary/aromatic N) is 4. The molecule has 0 radical (unpaired) electrons. The summed E-state index contributed by atoms with van der Waals surface area (Å²) in [5, 5.41) is 9.28. The second-order valence-electron chi connectivity index (χ2n) is 6.23. The van der Waals surface area contributed by atoms with Crippen LogP contribution in [0.1, 0.15) is 27.0 Å². The molecule has 0 unspecified atom stereocenters. The summed E-state index contributed by atoms with van der Waals surface area (Å²) in [6.07, 6.45) is 1.88. The zero-order valence-corrected chi connectivity index (χ0v) is 15.9. The van der Waals surface area contributed by atoms with Gasteiger partial charge < -0.3 is 9.80 Å². The molecule has 2 aromatic rings. The lowest BCUT2D eigenvalue weighted by molar-refractivity contribution is 0.0746. The minimum Gasteiger partial charge on any atom is -0.353 e. The molecule has 3 rings (SSSR count). The number of hydrogen-bond acceptors (Lipinski definition) is 4. The van der Waals surface area contributed by atoms with Gasteiger partial charge >= 0.3 is 0 Å². The van der Waals surface area contributed by atoms with E-state index in [0.29, 0.717) is 24.2 Å². The van der Waals surface area contributed by atoms with Crippen LogP contribution >= 0.6 is 15.9 Å². The van der Waals surface area contributed by atoms with Crippen LogP contribution in [-0.4, -0.2) is 42.0 Å². The average molecular weight is 399 g/mol. The third-order valence-corrected chi connectivity index (χ3v) is 4.88. The Morgan fingerprint density at radius 1 is 1.20 bits per heavy atom. The summed E-state index contributed by atoms with van der Waals surface area (Å²) in [5.74, 6) is 0.899. The number of piperazine rings is 1. The van der Waals surface area contributed by atoms with Crippen molar-refractivity contribution >= 4 is 27.7 Å². The Kier molecular flexibility index (Phi) is 5.05. The largest absolute Gasteiger partial charge is 0.353 e. The topological polar surface area (TPSA) is 60.2 Å². The summed E-state index contributed by atoms with van der Waals surface area (Å²) in [7, 11) is 0. The monoisotopic (exact) mass is 398 g/mol. The van der Waals surface area contributed by atoms with E-state index in [0.717, 1.165) is 34.5 Å². The Hall–Kier alpha value is -2.39. The fourth-order valence-corrected chi connectivity index (χ4v) is 3.49. The first-order valence-corrected chi connectivity index (χ1v) is 8.96. The fourth-order valence-electron chi connectivity index (χ4n) is 3.13. The molecule has 2 heterocycles. The number of pyridine rings is 1. The normalized spacial score (nSPS) is 14.3. The number of rotatable bonds is 2. The molecule has 0 N–H and O–H groups in total. The van der Waals surface area contributed by atoms with Gasteiger partial charge in [0.05, 0.1) is 17.2 Å². The van der Waals surface area contributed by atoms with Crippen LogP contribution in [0.4, 0.5) is 5.82 Å². The lowest BCUT2D eigenvalue weighted by Gasteiger charge is -2.36.